The largest absolute Gasteiger partial charge is 0.0757 e. The zero-order chi connectivity index (χ0) is 23.6. The Morgan fingerprint density at radius 2 is 1.08 bits per heavy atom. The van der Waals surface area contributed by atoms with Crippen molar-refractivity contribution >= 4 is 48.7 Å². The summed E-state index contributed by atoms with van der Waals surface area (Å²) in [6.07, 6.45) is 4.66. The van der Waals surface area contributed by atoms with Crippen LogP contribution in [-0.4, -0.2) is 0 Å². The molecule has 36 heavy (non-hydrogen) atoms. The summed E-state index contributed by atoms with van der Waals surface area (Å²) >= 11 is 0. The van der Waals surface area contributed by atoms with Gasteiger partial charge in [-0.15, -0.1) is 0 Å². The highest BCUT2D eigenvalue weighted by Gasteiger charge is 2.19. The van der Waals surface area contributed by atoms with Crippen molar-refractivity contribution in [1.82, 2.24) is 0 Å². The highest BCUT2D eigenvalue weighted by molar-refractivity contribution is 6.27. The number of rotatable bonds is 2. The van der Waals surface area contributed by atoms with Crippen molar-refractivity contribution in [2.24, 2.45) is 0 Å². The number of hydrogen-bond donors (Lipinski definition) is 0. The first-order valence-corrected chi connectivity index (χ1v) is 12.8. The third kappa shape index (κ3) is 2.82. The standard InChI is InChI=1S/C36H24/c1-2-8-27-22-28(15-12-23(27)6-1)30-18-16-25-13-14-26-17-19-32(34-21-20-33(30)35(25)36(26)34)31-11-5-9-24-7-3-4-10-29(24)31/h1-4,6-8,10-22H,5,9H2. The third-order valence-corrected chi connectivity index (χ3v) is 8.08. The topological polar surface area (TPSA) is 0 Å². The maximum atomic E-state index is 2.44. The zero-order valence-electron chi connectivity index (χ0n) is 20.0. The average molecular weight is 457 g/mol. The molecule has 7 aromatic rings. The van der Waals surface area contributed by atoms with E-state index < -0.39 is 0 Å². The summed E-state index contributed by atoms with van der Waals surface area (Å²) in [5.74, 6) is 0. The van der Waals surface area contributed by atoms with Gasteiger partial charge >= 0.3 is 0 Å². The maximum absolute atomic E-state index is 2.44. The smallest absolute Gasteiger partial charge is 0.00203 e. The lowest BCUT2D eigenvalue weighted by atomic mass is 9.82. The van der Waals surface area contributed by atoms with Crippen LogP contribution in [0.2, 0.25) is 0 Å². The van der Waals surface area contributed by atoms with Crippen molar-refractivity contribution < 1.29 is 0 Å². The molecule has 0 nitrogen and oxygen atoms in total. The molecule has 0 bridgehead atoms. The van der Waals surface area contributed by atoms with Gasteiger partial charge in [0.25, 0.3) is 0 Å². The van der Waals surface area contributed by atoms with Crippen LogP contribution in [0.15, 0.2) is 121 Å². The molecule has 168 valence electrons. The van der Waals surface area contributed by atoms with Crippen LogP contribution in [-0.2, 0) is 6.42 Å². The molecule has 7 aromatic carbocycles. The molecule has 0 heteroatoms. The molecule has 1 aliphatic rings. The first-order chi connectivity index (χ1) is 17.8. The van der Waals surface area contributed by atoms with Gasteiger partial charge in [0.15, 0.2) is 0 Å². The molecule has 0 spiro atoms. The molecule has 8 rings (SSSR count). The third-order valence-electron chi connectivity index (χ3n) is 8.08. The number of allylic oxidation sites excluding steroid dienone is 1. The minimum absolute atomic E-state index is 1.10. The summed E-state index contributed by atoms with van der Waals surface area (Å²) in [6, 6.07) is 42.9. The Balaban J connectivity index is 1.42. The quantitative estimate of drug-likeness (QED) is 0.227. The second-order valence-corrected chi connectivity index (χ2v) is 10.0. The molecule has 0 saturated heterocycles. The zero-order valence-corrected chi connectivity index (χ0v) is 20.0. The number of benzene rings is 7. The van der Waals surface area contributed by atoms with Gasteiger partial charge in [0, 0.05) is 0 Å². The van der Waals surface area contributed by atoms with E-state index in [0.717, 1.165) is 12.8 Å². The van der Waals surface area contributed by atoms with Crippen molar-refractivity contribution in [3.8, 4) is 11.1 Å². The first kappa shape index (κ1) is 19.8. The normalized spacial score (nSPS) is 13.5. The van der Waals surface area contributed by atoms with E-state index in [9.17, 15) is 0 Å². The van der Waals surface area contributed by atoms with Gasteiger partial charge in [0.2, 0.25) is 0 Å². The number of hydrogen-bond acceptors (Lipinski definition) is 0. The van der Waals surface area contributed by atoms with Crippen molar-refractivity contribution in [3.63, 3.8) is 0 Å². The molecule has 0 aromatic heterocycles. The Morgan fingerprint density at radius 3 is 1.92 bits per heavy atom. The van der Waals surface area contributed by atoms with Crippen LogP contribution < -0.4 is 0 Å². The molecular weight excluding hydrogens is 432 g/mol. The van der Waals surface area contributed by atoms with Gasteiger partial charge in [0.05, 0.1) is 0 Å². The Labute approximate surface area is 210 Å². The fourth-order valence-corrected chi connectivity index (χ4v) is 6.38. The number of fused-ring (bicyclic) bond motifs is 2. The molecule has 0 atom stereocenters. The van der Waals surface area contributed by atoms with E-state index in [4.69, 9.17) is 0 Å². The number of aryl methyl sites for hydroxylation is 1. The van der Waals surface area contributed by atoms with E-state index >= 15 is 0 Å². The van der Waals surface area contributed by atoms with E-state index in [-0.39, 0.29) is 0 Å². The average Bonchev–Trinajstić information content (AvgIpc) is 2.95. The van der Waals surface area contributed by atoms with Gasteiger partial charge in [-0.25, -0.2) is 0 Å². The molecule has 0 unspecified atom stereocenters. The lowest BCUT2D eigenvalue weighted by molar-refractivity contribution is 0.978. The molecule has 1 aliphatic carbocycles. The molecule has 0 saturated carbocycles. The minimum Gasteiger partial charge on any atom is -0.0757 e. The van der Waals surface area contributed by atoms with Gasteiger partial charge in [0.1, 0.15) is 0 Å². The van der Waals surface area contributed by atoms with Crippen LogP contribution in [0.4, 0.5) is 0 Å². The van der Waals surface area contributed by atoms with Gasteiger partial charge in [-0.3, -0.25) is 0 Å². The molecule has 0 heterocycles. The Bertz CT molecular complexity index is 1990. The molecule has 0 aliphatic heterocycles. The van der Waals surface area contributed by atoms with E-state index in [0.29, 0.717) is 0 Å². The van der Waals surface area contributed by atoms with E-state index in [1.54, 1.807) is 0 Å². The van der Waals surface area contributed by atoms with Crippen molar-refractivity contribution in [3.05, 3.63) is 138 Å². The van der Waals surface area contributed by atoms with Gasteiger partial charge < -0.3 is 0 Å². The molecular formula is C36H24. The predicted octanol–water partition coefficient (Wildman–Crippen LogP) is 9.78. The monoisotopic (exact) mass is 456 g/mol. The van der Waals surface area contributed by atoms with Crippen LogP contribution in [0.3, 0.4) is 0 Å². The SMILES string of the molecule is C1=C(c2ccc3ccc4ccc(-c5ccc6ccccc6c5)c5ccc2c3c45)c2ccccc2CC1. The minimum atomic E-state index is 1.10. The Kier molecular flexibility index (Phi) is 4.15. The van der Waals surface area contributed by atoms with Crippen LogP contribution in [0.5, 0.6) is 0 Å². The van der Waals surface area contributed by atoms with E-state index in [2.05, 4.69) is 121 Å². The fourth-order valence-electron chi connectivity index (χ4n) is 6.38. The Hall–Kier alpha value is -4.42. The molecule has 0 N–H and O–H groups in total. The van der Waals surface area contributed by atoms with Gasteiger partial charge in [-0.05, 0) is 95.4 Å². The van der Waals surface area contributed by atoms with E-state index in [1.807, 2.05) is 0 Å². The highest BCUT2D eigenvalue weighted by Crippen LogP contribution is 2.43. The summed E-state index contributed by atoms with van der Waals surface area (Å²) in [7, 11) is 0. The van der Waals surface area contributed by atoms with Crippen molar-refractivity contribution in [1.29, 1.82) is 0 Å². The lowest BCUT2D eigenvalue weighted by Crippen LogP contribution is -2.01. The second kappa shape index (κ2) is 7.54. The van der Waals surface area contributed by atoms with Crippen LogP contribution in [0.1, 0.15) is 23.1 Å². The van der Waals surface area contributed by atoms with Gasteiger partial charge in [-0.2, -0.15) is 0 Å². The van der Waals surface area contributed by atoms with Crippen LogP contribution >= 0.6 is 0 Å². The second-order valence-electron chi connectivity index (χ2n) is 10.0. The first-order valence-electron chi connectivity index (χ1n) is 12.8. The van der Waals surface area contributed by atoms with Crippen LogP contribution in [0.25, 0.3) is 59.8 Å². The maximum Gasteiger partial charge on any atom is -0.00203 e. The predicted molar refractivity (Wildman–Crippen MR) is 155 cm³/mol. The Morgan fingerprint density at radius 1 is 0.444 bits per heavy atom. The van der Waals surface area contributed by atoms with Crippen molar-refractivity contribution in [2.75, 3.05) is 0 Å². The summed E-state index contributed by atoms with van der Waals surface area (Å²) in [6.45, 7) is 0. The van der Waals surface area contributed by atoms with Crippen molar-refractivity contribution in [2.45, 2.75) is 12.8 Å². The lowest BCUT2D eigenvalue weighted by Gasteiger charge is -2.21. The summed E-state index contributed by atoms with van der Waals surface area (Å²) in [5.41, 5.74) is 8.14. The van der Waals surface area contributed by atoms with E-state index in [1.165, 1.54) is 76.5 Å². The van der Waals surface area contributed by atoms with Crippen LogP contribution in [0, 0.1) is 0 Å². The summed E-state index contributed by atoms with van der Waals surface area (Å²) < 4.78 is 0. The fraction of sp³-hybridized carbons (Fsp3) is 0.0556. The molecule has 0 radical (unpaired) electrons. The van der Waals surface area contributed by atoms with Gasteiger partial charge in [-0.1, -0.05) is 115 Å². The summed E-state index contributed by atoms with van der Waals surface area (Å²) in [4.78, 5) is 0. The highest BCUT2D eigenvalue weighted by atomic mass is 14.2. The molecule has 0 amide bonds. The summed E-state index contributed by atoms with van der Waals surface area (Å²) in [5, 5.41) is 10.6. The molecule has 0 fully saturated rings.